The fourth-order valence-electron chi connectivity index (χ4n) is 1.72. The van der Waals surface area contributed by atoms with Crippen molar-refractivity contribution < 1.29 is 0 Å². The largest absolute Gasteiger partial charge is 0.305 e. The van der Waals surface area contributed by atoms with E-state index in [9.17, 15) is 0 Å². The first-order valence-electron chi connectivity index (χ1n) is 5.12. The summed E-state index contributed by atoms with van der Waals surface area (Å²) in [6.45, 7) is 0. The van der Waals surface area contributed by atoms with Gasteiger partial charge in [-0.1, -0.05) is 28.1 Å². The second-order valence-electron chi connectivity index (χ2n) is 3.75. The van der Waals surface area contributed by atoms with Crippen LogP contribution >= 0.6 is 48.8 Å². The van der Waals surface area contributed by atoms with Gasteiger partial charge in [0.1, 0.15) is 5.65 Å². The highest BCUT2D eigenvalue weighted by Gasteiger charge is 2.04. The van der Waals surface area contributed by atoms with Gasteiger partial charge in [0.05, 0.1) is 5.69 Å². The third kappa shape index (κ3) is 2.68. The van der Waals surface area contributed by atoms with Crippen LogP contribution in [0.2, 0.25) is 0 Å². The molecule has 5 heteroatoms. The number of rotatable bonds is 1. The van der Waals surface area contributed by atoms with Gasteiger partial charge in [-0.2, -0.15) is 0 Å². The lowest BCUT2D eigenvalue weighted by molar-refractivity contribution is 1.17. The fourth-order valence-corrected chi connectivity index (χ4v) is 2.34. The molecule has 0 saturated carbocycles. The molecule has 0 amide bonds. The first-order valence-corrected chi connectivity index (χ1v) is 6.71. The van der Waals surface area contributed by atoms with Crippen molar-refractivity contribution >= 4 is 54.5 Å². The molecule has 18 heavy (non-hydrogen) atoms. The Morgan fingerprint density at radius 2 is 1.50 bits per heavy atom. The topological polar surface area (TPSA) is 17.3 Å². The Labute approximate surface area is 132 Å². The Bertz CT molecular complexity index is 674. The van der Waals surface area contributed by atoms with Gasteiger partial charge in [-0.15, -0.1) is 17.0 Å². The van der Waals surface area contributed by atoms with Crippen LogP contribution in [0.3, 0.4) is 0 Å². The van der Waals surface area contributed by atoms with E-state index in [4.69, 9.17) is 0 Å². The van der Waals surface area contributed by atoms with Gasteiger partial charge in [-0.05, 0) is 40.2 Å². The maximum absolute atomic E-state index is 4.58. The van der Waals surface area contributed by atoms with Gasteiger partial charge in [-0.3, -0.25) is 0 Å². The third-order valence-electron chi connectivity index (χ3n) is 2.55. The zero-order chi connectivity index (χ0) is 11.8. The molecule has 3 aromatic rings. The average molecular weight is 433 g/mol. The van der Waals surface area contributed by atoms with Crippen LogP contribution in [0, 0.1) is 0 Å². The Morgan fingerprint density at radius 3 is 2.22 bits per heavy atom. The SMILES string of the molecule is Br.Brc1ccc(-c2cn3cc(Br)ccc3n2)cc1. The Morgan fingerprint density at radius 1 is 0.833 bits per heavy atom. The summed E-state index contributed by atoms with van der Waals surface area (Å²) < 4.78 is 4.14. The second kappa shape index (κ2) is 5.55. The van der Waals surface area contributed by atoms with Gasteiger partial charge < -0.3 is 4.40 Å². The molecule has 0 spiro atoms. The van der Waals surface area contributed by atoms with Gasteiger partial charge in [-0.25, -0.2) is 4.98 Å². The minimum atomic E-state index is 0. The molecule has 2 heterocycles. The maximum atomic E-state index is 4.58. The average Bonchev–Trinajstić information content (AvgIpc) is 2.72. The molecule has 0 aliphatic heterocycles. The first kappa shape index (κ1) is 13.8. The Kier molecular flexibility index (Phi) is 4.25. The highest BCUT2D eigenvalue weighted by atomic mass is 79.9. The molecule has 0 fully saturated rings. The van der Waals surface area contributed by atoms with Crippen LogP contribution in [-0.4, -0.2) is 9.38 Å². The molecule has 3 rings (SSSR count). The van der Waals surface area contributed by atoms with E-state index in [2.05, 4.69) is 49.0 Å². The number of fused-ring (bicyclic) bond motifs is 1. The minimum Gasteiger partial charge on any atom is -0.305 e. The van der Waals surface area contributed by atoms with Crippen molar-refractivity contribution in [3.05, 3.63) is 57.7 Å². The molecule has 2 nitrogen and oxygen atoms in total. The number of nitrogens with zero attached hydrogens (tertiary/aromatic N) is 2. The summed E-state index contributed by atoms with van der Waals surface area (Å²) in [5.41, 5.74) is 3.05. The predicted octanol–water partition coefficient (Wildman–Crippen LogP) is 5.10. The lowest BCUT2D eigenvalue weighted by Gasteiger charge is -1.95. The lowest BCUT2D eigenvalue weighted by Crippen LogP contribution is -1.80. The van der Waals surface area contributed by atoms with Crippen LogP contribution < -0.4 is 0 Å². The van der Waals surface area contributed by atoms with Crippen LogP contribution in [-0.2, 0) is 0 Å². The summed E-state index contributed by atoms with van der Waals surface area (Å²) in [5, 5.41) is 0. The van der Waals surface area contributed by atoms with Crippen LogP contribution in [0.5, 0.6) is 0 Å². The highest BCUT2D eigenvalue weighted by molar-refractivity contribution is 9.10. The van der Waals surface area contributed by atoms with Gasteiger partial charge in [0.15, 0.2) is 0 Å². The molecule has 0 radical (unpaired) electrons. The summed E-state index contributed by atoms with van der Waals surface area (Å²) in [5.74, 6) is 0. The molecular weight excluding hydrogens is 424 g/mol. The van der Waals surface area contributed by atoms with Crippen LogP contribution in [0.15, 0.2) is 57.7 Å². The van der Waals surface area contributed by atoms with Crippen LogP contribution in [0.25, 0.3) is 16.9 Å². The first-order chi connectivity index (χ1) is 8.22. The predicted molar refractivity (Wildman–Crippen MR) is 86.4 cm³/mol. The molecule has 0 saturated heterocycles. The molecule has 1 aromatic carbocycles. The van der Waals surface area contributed by atoms with Crippen molar-refractivity contribution in [3.63, 3.8) is 0 Å². The van der Waals surface area contributed by atoms with Crippen molar-refractivity contribution in [2.75, 3.05) is 0 Å². The van der Waals surface area contributed by atoms with E-state index in [1.807, 2.05) is 41.1 Å². The zero-order valence-electron chi connectivity index (χ0n) is 9.18. The molecule has 0 atom stereocenters. The number of aromatic nitrogens is 2. The monoisotopic (exact) mass is 430 g/mol. The quantitative estimate of drug-likeness (QED) is 0.522. The molecule has 0 aliphatic rings. The Hall–Kier alpha value is -0.650. The van der Waals surface area contributed by atoms with E-state index in [1.165, 1.54) is 0 Å². The third-order valence-corrected chi connectivity index (χ3v) is 3.55. The van der Waals surface area contributed by atoms with Crippen molar-refractivity contribution in [2.24, 2.45) is 0 Å². The highest BCUT2D eigenvalue weighted by Crippen LogP contribution is 2.22. The van der Waals surface area contributed by atoms with E-state index in [0.717, 1.165) is 25.8 Å². The number of hydrogen-bond donors (Lipinski definition) is 0. The van der Waals surface area contributed by atoms with Gasteiger partial charge in [0.2, 0.25) is 0 Å². The standard InChI is InChI=1S/C13H8Br2N2.BrH/c14-10-3-1-9(2-4-10)12-8-17-7-11(15)5-6-13(17)16-12;/h1-8H;1H. The molecular formula is C13H9Br3N2. The second-order valence-corrected chi connectivity index (χ2v) is 5.58. The molecule has 0 unspecified atom stereocenters. The van der Waals surface area contributed by atoms with Crippen molar-refractivity contribution in [1.82, 2.24) is 9.38 Å². The number of hydrogen-bond acceptors (Lipinski definition) is 1. The number of pyridine rings is 1. The fraction of sp³-hybridized carbons (Fsp3) is 0. The van der Waals surface area contributed by atoms with E-state index >= 15 is 0 Å². The number of benzene rings is 1. The smallest absolute Gasteiger partial charge is 0.137 e. The molecule has 2 aromatic heterocycles. The Balaban J connectivity index is 0.00000120. The van der Waals surface area contributed by atoms with Crippen LogP contribution in [0.4, 0.5) is 0 Å². The summed E-state index contributed by atoms with van der Waals surface area (Å²) in [4.78, 5) is 4.58. The molecule has 0 N–H and O–H groups in total. The summed E-state index contributed by atoms with van der Waals surface area (Å²) in [7, 11) is 0. The van der Waals surface area contributed by atoms with Gasteiger partial charge in [0.25, 0.3) is 0 Å². The van der Waals surface area contributed by atoms with E-state index < -0.39 is 0 Å². The van der Waals surface area contributed by atoms with Crippen LogP contribution in [0.1, 0.15) is 0 Å². The summed E-state index contributed by atoms with van der Waals surface area (Å²) in [6, 6.07) is 12.1. The normalized spacial score (nSPS) is 10.3. The van der Waals surface area contributed by atoms with Crippen molar-refractivity contribution in [2.45, 2.75) is 0 Å². The summed E-state index contributed by atoms with van der Waals surface area (Å²) in [6.07, 6.45) is 4.04. The maximum Gasteiger partial charge on any atom is 0.137 e. The molecule has 92 valence electrons. The zero-order valence-corrected chi connectivity index (χ0v) is 14.1. The number of halogens is 3. The van der Waals surface area contributed by atoms with Crippen molar-refractivity contribution in [1.29, 1.82) is 0 Å². The van der Waals surface area contributed by atoms with Crippen molar-refractivity contribution in [3.8, 4) is 11.3 Å². The lowest BCUT2D eigenvalue weighted by atomic mass is 10.2. The number of imidazole rings is 1. The van der Waals surface area contributed by atoms with E-state index in [-0.39, 0.29) is 17.0 Å². The van der Waals surface area contributed by atoms with E-state index in [0.29, 0.717) is 0 Å². The summed E-state index contributed by atoms with van der Waals surface area (Å²) >= 11 is 6.88. The van der Waals surface area contributed by atoms with E-state index in [1.54, 1.807) is 0 Å². The van der Waals surface area contributed by atoms with Gasteiger partial charge >= 0.3 is 0 Å². The van der Waals surface area contributed by atoms with Gasteiger partial charge in [0, 0.05) is 26.9 Å². The molecule has 0 bridgehead atoms. The minimum absolute atomic E-state index is 0. The molecule has 0 aliphatic carbocycles.